The van der Waals surface area contributed by atoms with Crippen molar-refractivity contribution in [3.8, 4) is 0 Å². The van der Waals surface area contributed by atoms with Gasteiger partial charge in [0.1, 0.15) is 0 Å². The standard InChI is InChI=1S/C11H12ClF3O2S/c1-2-5-18(16,17)7-8-6-9(11(13,14)15)3-4-10(8)12/h3-4,6H,2,5,7H2,1H3. The predicted molar refractivity (Wildman–Crippen MR) is 64.2 cm³/mol. The van der Waals surface area contributed by atoms with Gasteiger partial charge in [-0.05, 0) is 30.2 Å². The molecule has 1 aromatic rings. The van der Waals surface area contributed by atoms with E-state index in [1.165, 1.54) is 0 Å². The Labute approximate surface area is 109 Å². The van der Waals surface area contributed by atoms with Crippen molar-refractivity contribution in [2.75, 3.05) is 5.75 Å². The van der Waals surface area contributed by atoms with E-state index in [-0.39, 0.29) is 16.3 Å². The van der Waals surface area contributed by atoms with Crippen molar-refractivity contribution >= 4 is 21.4 Å². The first kappa shape index (κ1) is 15.3. The summed E-state index contributed by atoms with van der Waals surface area (Å²) >= 11 is 5.72. The summed E-state index contributed by atoms with van der Waals surface area (Å²) in [7, 11) is -3.42. The van der Waals surface area contributed by atoms with Gasteiger partial charge in [-0.3, -0.25) is 0 Å². The molecule has 0 unspecified atom stereocenters. The molecule has 0 aliphatic rings. The van der Waals surface area contributed by atoms with Crippen LogP contribution in [0.25, 0.3) is 0 Å². The van der Waals surface area contributed by atoms with Gasteiger partial charge in [-0.2, -0.15) is 13.2 Å². The zero-order valence-electron chi connectivity index (χ0n) is 9.59. The number of hydrogen-bond donors (Lipinski definition) is 0. The van der Waals surface area contributed by atoms with E-state index < -0.39 is 27.3 Å². The van der Waals surface area contributed by atoms with Crippen molar-refractivity contribution in [3.05, 3.63) is 34.3 Å². The molecule has 7 heteroatoms. The Morgan fingerprint density at radius 3 is 2.39 bits per heavy atom. The molecule has 2 nitrogen and oxygen atoms in total. The Morgan fingerprint density at radius 1 is 1.28 bits per heavy atom. The molecule has 0 bridgehead atoms. The maximum Gasteiger partial charge on any atom is 0.416 e. The fourth-order valence-electron chi connectivity index (χ4n) is 1.48. The number of alkyl halides is 3. The van der Waals surface area contributed by atoms with Crippen LogP contribution in [0.5, 0.6) is 0 Å². The number of hydrogen-bond acceptors (Lipinski definition) is 2. The van der Waals surface area contributed by atoms with Crippen LogP contribution >= 0.6 is 11.6 Å². The molecular formula is C11H12ClF3O2S. The van der Waals surface area contributed by atoms with Gasteiger partial charge in [0.25, 0.3) is 0 Å². The van der Waals surface area contributed by atoms with E-state index in [1.54, 1.807) is 6.92 Å². The highest BCUT2D eigenvalue weighted by Gasteiger charge is 2.31. The molecule has 18 heavy (non-hydrogen) atoms. The average molecular weight is 301 g/mol. The molecule has 0 spiro atoms. The molecule has 0 aromatic heterocycles. The Morgan fingerprint density at radius 2 is 1.89 bits per heavy atom. The van der Waals surface area contributed by atoms with Crippen LogP contribution in [0.2, 0.25) is 5.02 Å². The van der Waals surface area contributed by atoms with Gasteiger partial charge in [-0.25, -0.2) is 8.42 Å². The second kappa shape index (κ2) is 5.48. The van der Waals surface area contributed by atoms with Gasteiger partial charge in [-0.15, -0.1) is 0 Å². The minimum Gasteiger partial charge on any atom is -0.228 e. The normalized spacial score (nSPS) is 12.7. The van der Waals surface area contributed by atoms with Crippen LogP contribution in [0.15, 0.2) is 18.2 Å². The summed E-state index contributed by atoms with van der Waals surface area (Å²) in [4.78, 5) is 0. The zero-order chi connectivity index (χ0) is 14.0. The van der Waals surface area contributed by atoms with Crippen LogP contribution in [-0.2, 0) is 21.8 Å². The third-order valence-electron chi connectivity index (χ3n) is 2.26. The smallest absolute Gasteiger partial charge is 0.228 e. The number of rotatable bonds is 4. The summed E-state index contributed by atoms with van der Waals surface area (Å²) in [5, 5.41) is 0.0303. The quantitative estimate of drug-likeness (QED) is 0.850. The molecule has 0 heterocycles. The lowest BCUT2D eigenvalue weighted by Gasteiger charge is -2.10. The molecular weight excluding hydrogens is 289 g/mol. The third-order valence-corrected chi connectivity index (χ3v) is 4.41. The Balaban J connectivity index is 3.10. The monoisotopic (exact) mass is 300 g/mol. The van der Waals surface area contributed by atoms with E-state index in [0.717, 1.165) is 18.2 Å². The van der Waals surface area contributed by atoms with Crippen molar-refractivity contribution < 1.29 is 21.6 Å². The van der Waals surface area contributed by atoms with E-state index in [2.05, 4.69) is 0 Å². The lowest BCUT2D eigenvalue weighted by molar-refractivity contribution is -0.137. The summed E-state index contributed by atoms with van der Waals surface area (Å²) in [5.41, 5.74) is -0.909. The van der Waals surface area contributed by atoms with E-state index in [4.69, 9.17) is 11.6 Å². The van der Waals surface area contributed by atoms with Gasteiger partial charge in [-0.1, -0.05) is 18.5 Å². The van der Waals surface area contributed by atoms with Crippen LogP contribution in [-0.4, -0.2) is 14.2 Å². The summed E-state index contributed by atoms with van der Waals surface area (Å²) in [6.07, 6.45) is -4.09. The van der Waals surface area contributed by atoms with E-state index in [0.29, 0.717) is 6.42 Å². The molecule has 0 aliphatic carbocycles. The Bertz CT molecular complexity index is 524. The lowest BCUT2D eigenvalue weighted by atomic mass is 10.1. The highest BCUT2D eigenvalue weighted by Crippen LogP contribution is 2.32. The molecule has 0 saturated carbocycles. The van der Waals surface area contributed by atoms with Crippen LogP contribution < -0.4 is 0 Å². The Kier molecular flexibility index (Phi) is 4.66. The summed E-state index contributed by atoms with van der Waals surface area (Å²) < 4.78 is 60.6. The van der Waals surface area contributed by atoms with E-state index >= 15 is 0 Å². The van der Waals surface area contributed by atoms with Crippen LogP contribution in [0.4, 0.5) is 13.2 Å². The maximum absolute atomic E-state index is 12.5. The van der Waals surface area contributed by atoms with Crippen molar-refractivity contribution in [1.29, 1.82) is 0 Å². The van der Waals surface area contributed by atoms with Crippen molar-refractivity contribution in [2.45, 2.75) is 25.3 Å². The fraction of sp³-hybridized carbons (Fsp3) is 0.455. The molecule has 102 valence electrons. The largest absolute Gasteiger partial charge is 0.416 e. The molecule has 0 aliphatic heterocycles. The number of benzene rings is 1. The topological polar surface area (TPSA) is 34.1 Å². The number of sulfone groups is 1. The van der Waals surface area contributed by atoms with Gasteiger partial charge in [0, 0.05) is 5.02 Å². The van der Waals surface area contributed by atoms with Crippen molar-refractivity contribution in [3.63, 3.8) is 0 Å². The van der Waals surface area contributed by atoms with Crippen LogP contribution in [0.1, 0.15) is 24.5 Å². The average Bonchev–Trinajstić information content (AvgIpc) is 2.19. The van der Waals surface area contributed by atoms with Crippen molar-refractivity contribution in [2.24, 2.45) is 0 Å². The molecule has 1 aromatic carbocycles. The van der Waals surface area contributed by atoms with E-state index in [9.17, 15) is 21.6 Å². The second-order valence-corrected chi connectivity index (χ2v) is 6.49. The highest BCUT2D eigenvalue weighted by molar-refractivity contribution is 7.90. The third kappa shape index (κ3) is 4.17. The molecule has 0 radical (unpaired) electrons. The summed E-state index contributed by atoms with van der Waals surface area (Å²) in [6, 6.07) is 2.69. The SMILES string of the molecule is CCCS(=O)(=O)Cc1cc(C(F)(F)F)ccc1Cl. The minimum absolute atomic E-state index is 0.0139. The molecule has 0 fully saturated rings. The summed E-state index contributed by atoms with van der Waals surface area (Å²) in [6.45, 7) is 1.69. The van der Waals surface area contributed by atoms with Gasteiger partial charge < -0.3 is 0 Å². The first-order chi connectivity index (χ1) is 8.15. The van der Waals surface area contributed by atoms with Crippen LogP contribution in [0, 0.1) is 0 Å². The molecule has 1 rings (SSSR count). The van der Waals surface area contributed by atoms with E-state index in [1.807, 2.05) is 0 Å². The number of halogens is 4. The molecule has 0 atom stereocenters. The first-order valence-electron chi connectivity index (χ1n) is 5.22. The van der Waals surface area contributed by atoms with Gasteiger partial charge in [0.2, 0.25) is 0 Å². The van der Waals surface area contributed by atoms with Gasteiger partial charge >= 0.3 is 6.18 Å². The predicted octanol–water partition coefficient (Wildman–Crippen LogP) is 3.68. The van der Waals surface area contributed by atoms with Crippen LogP contribution in [0.3, 0.4) is 0 Å². The Hall–Kier alpha value is -0.750. The second-order valence-electron chi connectivity index (χ2n) is 3.90. The molecule has 0 saturated heterocycles. The first-order valence-corrected chi connectivity index (χ1v) is 7.41. The zero-order valence-corrected chi connectivity index (χ0v) is 11.2. The highest BCUT2D eigenvalue weighted by atomic mass is 35.5. The molecule has 0 N–H and O–H groups in total. The van der Waals surface area contributed by atoms with Gasteiger partial charge in [0.15, 0.2) is 9.84 Å². The fourth-order valence-corrected chi connectivity index (χ4v) is 3.22. The van der Waals surface area contributed by atoms with Crippen molar-refractivity contribution in [1.82, 2.24) is 0 Å². The lowest BCUT2D eigenvalue weighted by Crippen LogP contribution is -2.11. The summed E-state index contributed by atoms with van der Waals surface area (Å²) in [5.74, 6) is -0.539. The minimum atomic E-state index is -4.51. The molecule has 0 amide bonds. The maximum atomic E-state index is 12.5. The van der Waals surface area contributed by atoms with Gasteiger partial charge in [0.05, 0.1) is 17.1 Å².